The molecule has 0 spiro atoms. The molecule has 3 amide bonds. The number of benzene rings is 2. The predicted octanol–water partition coefficient (Wildman–Crippen LogP) is 6.01. The van der Waals surface area contributed by atoms with Crippen molar-refractivity contribution in [1.82, 2.24) is 9.80 Å². The number of rotatable bonds is 8. The summed E-state index contributed by atoms with van der Waals surface area (Å²) in [6.07, 6.45) is 1.73. The Bertz CT molecular complexity index is 1230. The van der Waals surface area contributed by atoms with Crippen molar-refractivity contribution in [3.05, 3.63) is 74.4 Å². The maximum atomic E-state index is 13.5. The molecule has 10 heteroatoms. The van der Waals surface area contributed by atoms with Crippen molar-refractivity contribution in [1.29, 1.82) is 0 Å². The summed E-state index contributed by atoms with van der Waals surface area (Å²) in [4.78, 5) is 31.1. The van der Waals surface area contributed by atoms with Gasteiger partial charge in [0.25, 0.3) is 0 Å². The number of amides is 3. The first-order chi connectivity index (χ1) is 17.0. The van der Waals surface area contributed by atoms with Gasteiger partial charge in [-0.2, -0.15) is 0 Å². The molecule has 5 rings (SSSR count). The van der Waals surface area contributed by atoms with E-state index in [0.717, 1.165) is 23.3 Å². The van der Waals surface area contributed by atoms with Gasteiger partial charge in [0.05, 0.1) is 17.3 Å². The van der Waals surface area contributed by atoms with Crippen LogP contribution in [0.15, 0.2) is 53.9 Å². The number of halogens is 2. The van der Waals surface area contributed by atoms with Crippen molar-refractivity contribution in [3.63, 3.8) is 0 Å². The largest absolute Gasteiger partial charge is 0.454 e. The molecule has 1 saturated carbocycles. The van der Waals surface area contributed by atoms with E-state index in [2.05, 4.69) is 5.32 Å². The molecular formula is C25H23Cl2N3O4S. The molecule has 0 radical (unpaired) electrons. The SMILES string of the molecule is O=C(CN(C(=O)Nc1ccc(Cl)cc1Cl)C1CC1)N(Cc1ccc2c(c1)OCO2)Cc1cccs1. The molecule has 1 aromatic heterocycles. The van der Waals surface area contributed by atoms with Crippen molar-refractivity contribution in [3.8, 4) is 11.5 Å². The van der Waals surface area contributed by atoms with Gasteiger partial charge in [0.1, 0.15) is 6.54 Å². The second-order valence-electron chi connectivity index (χ2n) is 8.43. The van der Waals surface area contributed by atoms with Crippen molar-refractivity contribution < 1.29 is 19.1 Å². The van der Waals surface area contributed by atoms with Gasteiger partial charge in [-0.25, -0.2) is 4.79 Å². The normalized spacial score (nSPS) is 14.0. The van der Waals surface area contributed by atoms with Crippen LogP contribution in [-0.4, -0.2) is 41.1 Å². The molecule has 2 aromatic carbocycles. The minimum absolute atomic E-state index is 0.0270. The highest BCUT2D eigenvalue weighted by molar-refractivity contribution is 7.09. The standard InChI is InChI=1S/C25H23Cl2N3O4S/c26-17-4-7-21(20(27)11-17)28-25(32)30(18-5-6-18)14-24(31)29(13-19-2-1-9-35-19)12-16-3-8-22-23(10-16)34-15-33-22/h1-4,7-11,18H,5-6,12-15H2,(H,28,32). The zero-order chi connectivity index (χ0) is 24.4. The highest BCUT2D eigenvalue weighted by Crippen LogP contribution is 2.33. The third kappa shape index (κ3) is 5.83. The summed E-state index contributed by atoms with van der Waals surface area (Å²) in [6, 6.07) is 14.2. The van der Waals surface area contributed by atoms with Gasteiger partial charge in [-0.05, 0) is 60.2 Å². The number of urea groups is 1. The summed E-state index contributed by atoms with van der Waals surface area (Å²) in [5, 5.41) is 5.63. The van der Waals surface area contributed by atoms with E-state index in [0.29, 0.717) is 40.3 Å². The van der Waals surface area contributed by atoms with E-state index in [9.17, 15) is 9.59 Å². The van der Waals surface area contributed by atoms with Crippen LogP contribution in [0.5, 0.6) is 11.5 Å². The molecule has 0 atom stereocenters. The van der Waals surface area contributed by atoms with Gasteiger partial charge in [0, 0.05) is 22.5 Å². The quantitative estimate of drug-likeness (QED) is 0.386. The summed E-state index contributed by atoms with van der Waals surface area (Å²) < 4.78 is 10.9. The number of ether oxygens (including phenoxy) is 2. The lowest BCUT2D eigenvalue weighted by molar-refractivity contribution is -0.133. The van der Waals surface area contributed by atoms with E-state index < -0.39 is 0 Å². The Hall–Kier alpha value is -2.94. The Kier molecular flexibility index (Phi) is 7.04. The summed E-state index contributed by atoms with van der Waals surface area (Å²) >= 11 is 13.8. The summed E-state index contributed by atoms with van der Waals surface area (Å²) in [5.74, 6) is 1.23. The number of anilines is 1. The van der Waals surface area contributed by atoms with Crippen molar-refractivity contribution in [2.24, 2.45) is 0 Å². The zero-order valence-electron chi connectivity index (χ0n) is 18.7. The van der Waals surface area contributed by atoms with Gasteiger partial charge in [-0.15, -0.1) is 11.3 Å². The number of thiophene rings is 1. The molecule has 0 bridgehead atoms. The number of fused-ring (bicyclic) bond motifs is 1. The maximum absolute atomic E-state index is 13.5. The Morgan fingerprint density at radius 1 is 1.03 bits per heavy atom. The van der Waals surface area contributed by atoms with Crippen LogP contribution >= 0.6 is 34.5 Å². The average molecular weight is 532 g/mol. The second-order valence-corrected chi connectivity index (χ2v) is 10.3. The Labute approximate surface area is 217 Å². The Morgan fingerprint density at radius 2 is 1.86 bits per heavy atom. The van der Waals surface area contributed by atoms with Crippen molar-refractivity contribution in [2.45, 2.75) is 32.0 Å². The molecule has 1 fully saturated rings. The van der Waals surface area contributed by atoms with Crippen molar-refractivity contribution >= 4 is 52.2 Å². The Balaban J connectivity index is 1.32. The van der Waals surface area contributed by atoms with Gasteiger partial charge in [0.2, 0.25) is 12.7 Å². The van der Waals surface area contributed by atoms with Crippen LogP contribution < -0.4 is 14.8 Å². The third-order valence-electron chi connectivity index (χ3n) is 5.82. The van der Waals surface area contributed by atoms with Gasteiger partial charge >= 0.3 is 6.03 Å². The molecule has 1 aliphatic heterocycles. The number of hydrogen-bond donors (Lipinski definition) is 1. The van der Waals surface area contributed by atoms with Gasteiger partial charge in [-0.3, -0.25) is 4.79 Å². The second kappa shape index (κ2) is 10.4. The number of nitrogens with one attached hydrogen (secondary N) is 1. The molecule has 2 aliphatic rings. The van der Waals surface area contributed by atoms with Crippen LogP contribution in [-0.2, 0) is 17.9 Å². The number of carbonyl (C=O) groups excluding carboxylic acids is 2. The first-order valence-corrected chi connectivity index (χ1v) is 12.8. The molecule has 2 heterocycles. The molecule has 3 aromatic rings. The zero-order valence-corrected chi connectivity index (χ0v) is 21.0. The number of nitrogens with zero attached hydrogens (tertiary/aromatic N) is 2. The minimum atomic E-state index is -0.357. The van der Waals surface area contributed by atoms with E-state index in [4.69, 9.17) is 32.7 Å². The van der Waals surface area contributed by atoms with E-state index in [-0.39, 0.29) is 31.3 Å². The highest BCUT2D eigenvalue weighted by atomic mass is 35.5. The van der Waals surface area contributed by atoms with Crippen LogP contribution in [0.2, 0.25) is 10.0 Å². The van der Waals surface area contributed by atoms with Crippen LogP contribution in [0.1, 0.15) is 23.3 Å². The highest BCUT2D eigenvalue weighted by Gasteiger charge is 2.35. The van der Waals surface area contributed by atoms with Crippen LogP contribution in [0, 0.1) is 0 Å². The molecule has 7 nitrogen and oxygen atoms in total. The van der Waals surface area contributed by atoms with E-state index >= 15 is 0 Å². The smallest absolute Gasteiger partial charge is 0.322 e. The van der Waals surface area contributed by atoms with Crippen LogP contribution in [0.4, 0.5) is 10.5 Å². The molecule has 182 valence electrons. The van der Waals surface area contributed by atoms with Crippen LogP contribution in [0.3, 0.4) is 0 Å². The van der Waals surface area contributed by atoms with Gasteiger partial charge in [-0.1, -0.05) is 35.3 Å². The summed E-state index contributed by atoms with van der Waals surface area (Å²) in [7, 11) is 0. The number of carbonyl (C=O) groups is 2. The third-order valence-corrected chi connectivity index (χ3v) is 7.23. The molecular weight excluding hydrogens is 509 g/mol. The topological polar surface area (TPSA) is 71.1 Å². The van der Waals surface area contributed by atoms with Gasteiger partial charge < -0.3 is 24.6 Å². The first kappa shape index (κ1) is 23.8. The van der Waals surface area contributed by atoms with Gasteiger partial charge in [0.15, 0.2) is 11.5 Å². The maximum Gasteiger partial charge on any atom is 0.322 e. The Morgan fingerprint density at radius 3 is 2.60 bits per heavy atom. The van der Waals surface area contributed by atoms with E-state index in [1.807, 2.05) is 35.7 Å². The van der Waals surface area contributed by atoms with E-state index in [1.165, 1.54) is 0 Å². The predicted molar refractivity (Wildman–Crippen MR) is 136 cm³/mol. The molecule has 0 unspecified atom stereocenters. The lowest BCUT2D eigenvalue weighted by atomic mass is 10.2. The lowest BCUT2D eigenvalue weighted by Gasteiger charge is -2.28. The monoisotopic (exact) mass is 531 g/mol. The summed E-state index contributed by atoms with van der Waals surface area (Å²) in [6.45, 7) is 1.00. The molecule has 35 heavy (non-hydrogen) atoms. The fourth-order valence-electron chi connectivity index (χ4n) is 3.86. The molecule has 0 saturated heterocycles. The van der Waals surface area contributed by atoms with Crippen LogP contribution in [0.25, 0.3) is 0 Å². The fourth-order valence-corrected chi connectivity index (χ4v) is 5.03. The fraction of sp³-hybridized carbons (Fsp3) is 0.280. The molecule has 1 aliphatic carbocycles. The molecule has 1 N–H and O–H groups in total. The first-order valence-electron chi connectivity index (χ1n) is 11.2. The van der Waals surface area contributed by atoms with Crippen molar-refractivity contribution in [2.75, 3.05) is 18.7 Å². The lowest BCUT2D eigenvalue weighted by Crippen LogP contribution is -2.45. The number of hydrogen-bond acceptors (Lipinski definition) is 5. The minimum Gasteiger partial charge on any atom is -0.454 e. The van der Waals surface area contributed by atoms with E-state index in [1.54, 1.807) is 39.3 Å². The average Bonchev–Trinajstić information content (AvgIpc) is 3.33. The summed E-state index contributed by atoms with van der Waals surface area (Å²) in [5.41, 5.74) is 1.38.